The lowest BCUT2D eigenvalue weighted by molar-refractivity contribution is -0.131. The quantitative estimate of drug-likeness (QED) is 0.637. The van der Waals surface area contributed by atoms with Crippen molar-refractivity contribution in [1.29, 1.82) is 0 Å². The normalized spacial score (nSPS) is 14.9. The Kier molecular flexibility index (Phi) is 7.42. The smallest absolute Gasteiger partial charge is 0.250 e. The average Bonchev–Trinajstić information content (AvgIpc) is 2.16. The van der Waals surface area contributed by atoms with Crippen molar-refractivity contribution < 1.29 is 9.53 Å². The number of methoxy groups -OCH3 is 1. The van der Waals surface area contributed by atoms with E-state index in [0.29, 0.717) is 0 Å². The molecule has 4 nitrogen and oxygen atoms in total. The Morgan fingerprint density at radius 2 is 2.21 bits per heavy atom. The van der Waals surface area contributed by atoms with E-state index in [1.54, 1.807) is 0 Å². The van der Waals surface area contributed by atoms with Crippen LogP contribution in [0.5, 0.6) is 0 Å². The maximum Gasteiger partial charge on any atom is 0.250 e. The van der Waals surface area contributed by atoms with Gasteiger partial charge in [-0.1, -0.05) is 19.8 Å². The van der Waals surface area contributed by atoms with Crippen LogP contribution in [0.4, 0.5) is 0 Å². The van der Waals surface area contributed by atoms with Crippen molar-refractivity contribution >= 4 is 5.91 Å². The van der Waals surface area contributed by atoms with E-state index in [1.807, 2.05) is 6.92 Å². The number of hydrogen-bond donors (Lipinski definition) is 2. The number of rotatable bonds is 7. The highest BCUT2D eigenvalue weighted by Gasteiger charge is 2.16. The maximum absolute atomic E-state index is 11.5. The van der Waals surface area contributed by atoms with Gasteiger partial charge in [-0.25, -0.2) is 0 Å². The van der Waals surface area contributed by atoms with E-state index < -0.39 is 6.10 Å². The number of ether oxygens (including phenoxy) is 1. The van der Waals surface area contributed by atoms with Gasteiger partial charge in [0.05, 0.1) is 0 Å². The summed E-state index contributed by atoms with van der Waals surface area (Å²) >= 11 is 0. The fourth-order valence-electron chi connectivity index (χ4n) is 1.23. The van der Waals surface area contributed by atoms with Crippen LogP contribution in [-0.2, 0) is 9.53 Å². The van der Waals surface area contributed by atoms with E-state index in [1.165, 1.54) is 7.11 Å². The Bertz CT molecular complexity index is 158. The molecule has 2 atom stereocenters. The third-order valence-electron chi connectivity index (χ3n) is 2.17. The molecular formula is C10H22N2O2. The van der Waals surface area contributed by atoms with Crippen molar-refractivity contribution in [3.8, 4) is 0 Å². The minimum atomic E-state index is -0.515. The molecule has 0 rings (SSSR count). The van der Waals surface area contributed by atoms with Crippen LogP contribution in [0.1, 0.15) is 33.1 Å². The summed E-state index contributed by atoms with van der Waals surface area (Å²) in [7, 11) is 1.49. The van der Waals surface area contributed by atoms with Crippen LogP contribution >= 0.6 is 0 Å². The first-order chi connectivity index (χ1) is 6.65. The van der Waals surface area contributed by atoms with E-state index in [2.05, 4.69) is 12.2 Å². The molecule has 4 heteroatoms. The van der Waals surface area contributed by atoms with Gasteiger partial charge < -0.3 is 15.8 Å². The zero-order valence-electron chi connectivity index (χ0n) is 9.38. The Hall–Kier alpha value is -0.610. The van der Waals surface area contributed by atoms with Crippen molar-refractivity contribution in [2.45, 2.75) is 45.3 Å². The van der Waals surface area contributed by atoms with E-state index in [-0.39, 0.29) is 18.5 Å². The predicted molar refractivity (Wildman–Crippen MR) is 57.0 cm³/mol. The fraction of sp³-hybridized carbons (Fsp3) is 0.900. The molecule has 0 aliphatic carbocycles. The molecule has 0 aromatic carbocycles. The summed E-state index contributed by atoms with van der Waals surface area (Å²) in [6.45, 7) is 4.35. The highest BCUT2D eigenvalue weighted by atomic mass is 16.5. The molecule has 0 fully saturated rings. The van der Waals surface area contributed by atoms with Crippen LogP contribution in [-0.4, -0.2) is 31.7 Å². The second kappa shape index (κ2) is 7.76. The predicted octanol–water partition coefficient (Wildman–Crippen LogP) is 0.655. The second-order valence-corrected chi connectivity index (χ2v) is 3.51. The van der Waals surface area contributed by atoms with Gasteiger partial charge in [-0.3, -0.25) is 4.79 Å². The summed E-state index contributed by atoms with van der Waals surface area (Å²) in [5, 5.41) is 2.87. The van der Waals surface area contributed by atoms with Gasteiger partial charge in [-0.15, -0.1) is 0 Å². The summed E-state index contributed by atoms with van der Waals surface area (Å²) in [4.78, 5) is 11.5. The first-order valence-corrected chi connectivity index (χ1v) is 5.18. The number of amides is 1. The van der Waals surface area contributed by atoms with Crippen molar-refractivity contribution in [2.24, 2.45) is 5.73 Å². The molecule has 0 heterocycles. The number of nitrogens with one attached hydrogen (secondary N) is 1. The van der Waals surface area contributed by atoms with Gasteiger partial charge in [0.2, 0.25) is 0 Å². The maximum atomic E-state index is 11.5. The Balaban J connectivity index is 3.79. The van der Waals surface area contributed by atoms with Crippen LogP contribution in [0, 0.1) is 0 Å². The lowest BCUT2D eigenvalue weighted by Crippen LogP contribution is -2.44. The van der Waals surface area contributed by atoms with E-state index in [9.17, 15) is 4.79 Å². The molecule has 2 unspecified atom stereocenters. The van der Waals surface area contributed by atoms with Crippen molar-refractivity contribution in [3.05, 3.63) is 0 Å². The third-order valence-corrected chi connectivity index (χ3v) is 2.17. The Morgan fingerprint density at radius 1 is 1.57 bits per heavy atom. The number of hydrogen-bond acceptors (Lipinski definition) is 3. The first-order valence-electron chi connectivity index (χ1n) is 5.18. The van der Waals surface area contributed by atoms with Crippen LogP contribution in [0.25, 0.3) is 0 Å². The molecule has 0 aliphatic rings. The van der Waals surface area contributed by atoms with Crippen LogP contribution in [0.3, 0.4) is 0 Å². The summed E-state index contributed by atoms with van der Waals surface area (Å²) in [5.74, 6) is -0.112. The third kappa shape index (κ3) is 5.19. The number of unbranched alkanes of at least 4 members (excludes halogenated alkanes) is 1. The molecule has 0 spiro atoms. The molecule has 0 saturated heterocycles. The van der Waals surface area contributed by atoms with E-state index in [4.69, 9.17) is 10.5 Å². The zero-order chi connectivity index (χ0) is 11.0. The summed E-state index contributed by atoms with van der Waals surface area (Å²) in [6, 6.07) is 0.201. The SMILES string of the molecule is CCCCC(C)NC(=O)C(CN)OC. The van der Waals surface area contributed by atoms with Gasteiger partial charge in [0.15, 0.2) is 0 Å². The van der Waals surface area contributed by atoms with Crippen molar-refractivity contribution in [2.75, 3.05) is 13.7 Å². The number of nitrogens with two attached hydrogens (primary N) is 1. The molecule has 0 bridgehead atoms. The molecule has 0 aromatic heterocycles. The summed E-state index contributed by atoms with van der Waals surface area (Å²) in [5.41, 5.74) is 5.37. The van der Waals surface area contributed by atoms with Crippen LogP contribution < -0.4 is 11.1 Å². The Morgan fingerprint density at radius 3 is 2.64 bits per heavy atom. The zero-order valence-corrected chi connectivity index (χ0v) is 9.38. The van der Waals surface area contributed by atoms with Gasteiger partial charge in [0, 0.05) is 19.7 Å². The molecule has 14 heavy (non-hydrogen) atoms. The lowest BCUT2D eigenvalue weighted by atomic mass is 10.1. The second-order valence-electron chi connectivity index (χ2n) is 3.51. The molecule has 84 valence electrons. The van der Waals surface area contributed by atoms with Crippen molar-refractivity contribution in [3.63, 3.8) is 0 Å². The average molecular weight is 202 g/mol. The van der Waals surface area contributed by atoms with E-state index >= 15 is 0 Å². The molecule has 0 aromatic rings. The van der Waals surface area contributed by atoms with Crippen LogP contribution in [0.15, 0.2) is 0 Å². The molecule has 1 amide bonds. The standard InChI is InChI=1S/C10H22N2O2/c1-4-5-6-8(2)12-10(13)9(7-11)14-3/h8-9H,4-7,11H2,1-3H3,(H,12,13). The molecule has 0 aliphatic heterocycles. The summed E-state index contributed by atoms with van der Waals surface area (Å²) in [6.07, 6.45) is 2.76. The van der Waals surface area contributed by atoms with Crippen LogP contribution in [0.2, 0.25) is 0 Å². The van der Waals surface area contributed by atoms with Gasteiger partial charge in [-0.05, 0) is 13.3 Å². The van der Waals surface area contributed by atoms with Gasteiger partial charge in [-0.2, -0.15) is 0 Å². The highest BCUT2D eigenvalue weighted by Crippen LogP contribution is 2.00. The van der Waals surface area contributed by atoms with Crippen molar-refractivity contribution in [1.82, 2.24) is 5.32 Å². The minimum absolute atomic E-state index is 0.112. The highest BCUT2D eigenvalue weighted by molar-refractivity contribution is 5.81. The topological polar surface area (TPSA) is 64.4 Å². The number of carbonyl (C=O) groups excluding carboxylic acids is 1. The van der Waals surface area contributed by atoms with Gasteiger partial charge in [0.25, 0.3) is 5.91 Å². The minimum Gasteiger partial charge on any atom is -0.370 e. The molecular weight excluding hydrogens is 180 g/mol. The monoisotopic (exact) mass is 202 g/mol. The number of carbonyl (C=O) groups is 1. The van der Waals surface area contributed by atoms with Gasteiger partial charge >= 0.3 is 0 Å². The van der Waals surface area contributed by atoms with E-state index in [0.717, 1.165) is 19.3 Å². The summed E-state index contributed by atoms with van der Waals surface area (Å²) < 4.78 is 4.93. The molecule has 3 N–H and O–H groups in total. The first kappa shape index (κ1) is 13.4. The Labute approximate surface area is 86.2 Å². The molecule has 0 radical (unpaired) electrons. The fourth-order valence-corrected chi connectivity index (χ4v) is 1.23. The molecule has 0 saturated carbocycles. The largest absolute Gasteiger partial charge is 0.370 e. The lowest BCUT2D eigenvalue weighted by Gasteiger charge is -2.17. The van der Waals surface area contributed by atoms with Gasteiger partial charge in [0.1, 0.15) is 6.10 Å².